The van der Waals surface area contributed by atoms with Crippen LogP contribution in [0.25, 0.3) is 0 Å². The van der Waals surface area contributed by atoms with Gasteiger partial charge in [-0.2, -0.15) is 15.1 Å². The fraction of sp³-hybridized carbons (Fsp3) is 0.182. The molecule has 0 saturated heterocycles. The quantitative estimate of drug-likeness (QED) is 0.796. The summed E-state index contributed by atoms with van der Waals surface area (Å²) >= 11 is 0. The lowest BCUT2D eigenvalue weighted by atomic mass is 10.4. The molecule has 0 saturated carbocycles. The number of nitrogens with zero attached hydrogens (tertiary/aromatic N) is 3. The van der Waals surface area contributed by atoms with E-state index in [4.69, 9.17) is 9.47 Å². The second-order valence-corrected chi connectivity index (χ2v) is 3.54. The van der Waals surface area contributed by atoms with Crippen LogP contribution in [0.3, 0.4) is 0 Å². The molecule has 0 atom stereocenters. The zero-order chi connectivity index (χ0) is 14.5. The topological polar surface area (TPSA) is 119 Å². The summed E-state index contributed by atoms with van der Waals surface area (Å²) < 4.78 is 9.91. The highest BCUT2D eigenvalue weighted by Gasteiger charge is 2.12. The molecular weight excluding hydrogens is 266 g/mol. The van der Waals surface area contributed by atoms with Crippen molar-refractivity contribution in [2.24, 2.45) is 0 Å². The van der Waals surface area contributed by atoms with E-state index < -0.39 is 11.5 Å². The van der Waals surface area contributed by atoms with E-state index in [1.165, 1.54) is 32.4 Å². The molecule has 0 spiro atoms. The molecule has 2 aromatic heterocycles. The van der Waals surface area contributed by atoms with Gasteiger partial charge in [-0.05, 0) is 6.07 Å². The maximum absolute atomic E-state index is 11.9. The van der Waals surface area contributed by atoms with Crippen LogP contribution in [0.1, 0.15) is 10.5 Å². The molecule has 0 aliphatic carbocycles. The van der Waals surface area contributed by atoms with E-state index in [0.717, 1.165) is 0 Å². The van der Waals surface area contributed by atoms with Gasteiger partial charge in [-0.3, -0.25) is 14.9 Å². The van der Waals surface area contributed by atoms with Crippen molar-refractivity contribution in [3.05, 3.63) is 34.2 Å². The van der Waals surface area contributed by atoms with E-state index in [-0.39, 0.29) is 23.4 Å². The summed E-state index contributed by atoms with van der Waals surface area (Å²) in [6, 6.07) is 3.94. The lowest BCUT2D eigenvalue weighted by Gasteiger charge is -2.06. The minimum absolute atomic E-state index is 0.000741. The van der Waals surface area contributed by atoms with Crippen molar-refractivity contribution in [2.75, 3.05) is 19.5 Å². The molecule has 0 aliphatic rings. The first-order valence-electron chi connectivity index (χ1n) is 5.46. The van der Waals surface area contributed by atoms with Gasteiger partial charge in [-0.25, -0.2) is 5.10 Å². The number of carbonyl (C=O) groups excluding carboxylic acids is 1. The van der Waals surface area contributed by atoms with Crippen LogP contribution < -0.4 is 20.3 Å². The standard InChI is InChI=1S/C11H11N5O4/c1-19-8-5-9(20-2)13-11(12-8)14-10(18)6-3-4-7(17)16-15-6/h3-5H,1-2H3,(H,16,17)(H,12,13,14,18). The van der Waals surface area contributed by atoms with Crippen LogP contribution in [-0.4, -0.2) is 40.3 Å². The molecule has 0 aromatic carbocycles. The highest BCUT2D eigenvalue weighted by Crippen LogP contribution is 2.17. The Morgan fingerprint density at radius 2 is 1.85 bits per heavy atom. The SMILES string of the molecule is COc1cc(OC)nc(NC(=O)c2ccc(=O)[nH]n2)n1. The number of methoxy groups -OCH3 is 2. The van der Waals surface area contributed by atoms with Gasteiger partial charge in [0, 0.05) is 6.07 Å². The lowest BCUT2D eigenvalue weighted by molar-refractivity contribution is 0.102. The second kappa shape index (κ2) is 5.78. The first-order valence-corrected chi connectivity index (χ1v) is 5.46. The third kappa shape index (κ3) is 3.07. The highest BCUT2D eigenvalue weighted by atomic mass is 16.5. The molecule has 20 heavy (non-hydrogen) atoms. The molecule has 2 heterocycles. The number of amides is 1. The number of H-pyrrole nitrogens is 1. The Labute approximate surface area is 113 Å². The molecule has 0 bridgehead atoms. The van der Waals surface area contributed by atoms with Gasteiger partial charge in [0.05, 0.1) is 20.3 Å². The number of hydrogen-bond donors (Lipinski definition) is 2. The first-order chi connectivity index (χ1) is 9.62. The van der Waals surface area contributed by atoms with E-state index in [9.17, 15) is 9.59 Å². The van der Waals surface area contributed by atoms with Gasteiger partial charge in [0.1, 0.15) is 5.69 Å². The Kier molecular flexibility index (Phi) is 3.89. The van der Waals surface area contributed by atoms with Crippen LogP contribution in [0, 0.1) is 0 Å². The van der Waals surface area contributed by atoms with Crippen LogP contribution in [0.15, 0.2) is 23.0 Å². The predicted molar refractivity (Wildman–Crippen MR) is 67.9 cm³/mol. The van der Waals surface area contributed by atoms with Crippen LogP contribution in [0.5, 0.6) is 11.8 Å². The molecule has 104 valence electrons. The molecule has 0 fully saturated rings. The number of carbonyl (C=O) groups is 1. The van der Waals surface area contributed by atoms with Crippen LogP contribution in [0.4, 0.5) is 5.95 Å². The number of nitrogens with one attached hydrogen (secondary N) is 2. The number of hydrogen-bond acceptors (Lipinski definition) is 7. The zero-order valence-corrected chi connectivity index (χ0v) is 10.7. The highest BCUT2D eigenvalue weighted by molar-refractivity contribution is 6.01. The average Bonchev–Trinajstić information content (AvgIpc) is 2.47. The van der Waals surface area contributed by atoms with Gasteiger partial charge in [-0.1, -0.05) is 0 Å². The van der Waals surface area contributed by atoms with Crippen molar-refractivity contribution >= 4 is 11.9 Å². The smallest absolute Gasteiger partial charge is 0.278 e. The van der Waals surface area contributed by atoms with Gasteiger partial charge in [0.2, 0.25) is 17.7 Å². The maximum Gasteiger partial charge on any atom is 0.278 e. The Hall–Kier alpha value is -2.97. The van der Waals surface area contributed by atoms with Gasteiger partial charge in [-0.15, -0.1) is 0 Å². The Morgan fingerprint density at radius 1 is 1.20 bits per heavy atom. The van der Waals surface area contributed by atoms with Crippen molar-refractivity contribution in [1.82, 2.24) is 20.2 Å². The van der Waals surface area contributed by atoms with Gasteiger partial charge >= 0.3 is 0 Å². The molecule has 2 N–H and O–H groups in total. The van der Waals surface area contributed by atoms with Gasteiger partial charge in [0.15, 0.2) is 0 Å². The third-order valence-electron chi connectivity index (χ3n) is 2.23. The first kappa shape index (κ1) is 13.5. The Morgan fingerprint density at radius 3 is 2.35 bits per heavy atom. The summed E-state index contributed by atoms with van der Waals surface area (Å²) in [4.78, 5) is 30.6. The van der Waals surface area contributed by atoms with E-state index >= 15 is 0 Å². The third-order valence-corrected chi connectivity index (χ3v) is 2.23. The maximum atomic E-state index is 11.9. The minimum atomic E-state index is -0.573. The molecule has 2 aromatic rings. The molecule has 0 radical (unpaired) electrons. The van der Waals surface area contributed by atoms with Crippen LogP contribution in [0.2, 0.25) is 0 Å². The van der Waals surface area contributed by atoms with E-state index in [0.29, 0.717) is 0 Å². The number of aromatic nitrogens is 4. The minimum Gasteiger partial charge on any atom is -0.481 e. The van der Waals surface area contributed by atoms with E-state index in [1.54, 1.807) is 0 Å². The molecule has 0 aliphatic heterocycles. The van der Waals surface area contributed by atoms with Crippen molar-refractivity contribution in [1.29, 1.82) is 0 Å². The molecular formula is C11H11N5O4. The summed E-state index contributed by atoms with van der Waals surface area (Å²) in [7, 11) is 2.85. The summed E-state index contributed by atoms with van der Waals surface area (Å²) in [6.07, 6.45) is 0. The number of rotatable bonds is 4. The predicted octanol–water partition coefficient (Wildman–Crippen LogP) is -0.171. The van der Waals surface area contributed by atoms with Gasteiger partial charge in [0.25, 0.3) is 11.5 Å². The Bertz CT molecular complexity index is 642. The van der Waals surface area contributed by atoms with Crippen LogP contribution in [-0.2, 0) is 0 Å². The molecule has 9 heteroatoms. The molecule has 0 unspecified atom stereocenters. The normalized spacial score (nSPS) is 9.90. The monoisotopic (exact) mass is 277 g/mol. The van der Waals surface area contributed by atoms with Crippen molar-refractivity contribution in [3.63, 3.8) is 0 Å². The number of aromatic amines is 1. The number of anilines is 1. The number of ether oxygens (including phenoxy) is 2. The van der Waals surface area contributed by atoms with Crippen molar-refractivity contribution in [2.45, 2.75) is 0 Å². The van der Waals surface area contributed by atoms with E-state index in [2.05, 4.69) is 25.5 Å². The zero-order valence-electron chi connectivity index (χ0n) is 10.7. The molecule has 9 nitrogen and oxygen atoms in total. The fourth-order valence-corrected chi connectivity index (χ4v) is 1.31. The largest absolute Gasteiger partial charge is 0.481 e. The van der Waals surface area contributed by atoms with Crippen LogP contribution >= 0.6 is 0 Å². The summed E-state index contributed by atoms with van der Waals surface area (Å²) in [6.45, 7) is 0. The summed E-state index contributed by atoms with van der Waals surface area (Å²) in [5, 5.41) is 8.17. The van der Waals surface area contributed by atoms with Gasteiger partial charge < -0.3 is 9.47 Å². The Balaban J connectivity index is 2.22. The summed E-state index contributed by atoms with van der Waals surface area (Å²) in [5.41, 5.74) is -0.379. The van der Waals surface area contributed by atoms with Crippen molar-refractivity contribution in [3.8, 4) is 11.8 Å². The molecule has 1 amide bonds. The average molecular weight is 277 g/mol. The second-order valence-electron chi connectivity index (χ2n) is 3.54. The summed E-state index contributed by atoms with van der Waals surface area (Å²) in [5.74, 6) is -0.0982. The fourth-order valence-electron chi connectivity index (χ4n) is 1.31. The lowest BCUT2D eigenvalue weighted by Crippen LogP contribution is -2.19. The van der Waals surface area contributed by atoms with Crippen molar-refractivity contribution < 1.29 is 14.3 Å². The van der Waals surface area contributed by atoms with E-state index in [1.807, 2.05) is 0 Å². The molecule has 2 rings (SSSR count).